The number of rotatable bonds is 4. The first kappa shape index (κ1) is 16.7. The molecule has 3 aromatic rings. The second kappa shape index (κ2) is 7.17. The van der Waals surface area contributed by atoms with Crippen LogP contribution in [0.25, 0.3) is 10.2 Å². The van der Waals surface area contributed by atoms with Gasteiger partial charge < -0.3 is 4.74 Å². The van der Waals surface area contributed by atoms with Crippen LogP contribution >= 0.6 is 34.5 Å². The van der Waals surface area contributed by atoms with Crippen LogP contribution in [-0.4, -0.2) is 23.5 Å². The van der Waals surface area contributed by atoms with Gasteiger partial charge in [0.05, 0.1) is 25.8 Å². The number of thiazole rings is 1. The summed E-state index contributed by atoms with van der Waals surface area (Å²) in [6.07, 6.45) is 0. The Kier molecular flexibility index (Phi) is 4.99. The van der Waals surface area contributed by atoms with Crippen LogP contribution in [0.4, 0.5) is 5.13 Å². The van der Waals surface area contributed by atoms with E-state index < -0.39 is 18.5 Å². The average molecular weight is 381 g/mol. The summed E-state index contributed by atoms with van der Waals surface area (Å²) in [6.45, 7) is -0.422. The minimum Gasteiger partial charge on any atom is -0.452 e. The highest BCUT2D eigenvalue weighted by atomic mass is 35.5. The monoisotopic (exact) mass is 380 g/mol. The van der Waals surface area contributed by atoms with Gasteiger partial charge in [0.25, 0.3) is 5.91 Å². The molecular weight excluding hydrogens is 371 g/mol. The van der Waals surface area contributed by atoms with Gasteiger partial charge in [-0.25, -0.2) is 9.78 Å². The van der Waals surface area contributed by atoms with E-state index in [1.54, 1.807) is 0 Å². The Labute approximate surface area is 151 Å². The van der Waals surface area contributed by atoms with E-state index in [0.717, 1.165) is 10.2 Å². The minimum atomic E-state index is -0.659. The Morgan fingerprint density at radius 1 is 1.12 bits per heavy atom. The third kappa shape index (κ3) is 3.84. The number of aromatic nitrogens is 1. The van der Waals surface area contributed by atoms with E-state index in [0.29, 0.717) is 10.2 Å². The van der Waals surface area contributed by atoms with E-state index in [-0.39, 0.29) is 10.6 Å². The number of hydrogen-bond donors (Lipinski definition) is 1. The molecular formula is C16H10Cl2N2O3S. The maximum atomic E-state index is 11.9. The zero-order valence-corrected chi connectivity index (χ0v) is 14.4. The van der Waals surface area contributed by atoms with Gasteiger partial charge in [-0.2, -0.15) is 0 Å². The fourth-order valence-corrected chi connectivity index (χ4v) is 3.10. The lowest BCUT2D eigenvalue weighted by Crippen LogP contribution is -2.20. The molecule has 0 aliphatic rings. The van der Waals surface area contributed by atoms with Crippen molar-refractivity contribution in [3.63, 3.8) is 0 Å². The van der Waals surface area contributed by atoms with E-state index in [4.69, 9.17) is 27.9 Å². The van der Waals surface area contributed by atoms with Crippen LogP contribution in [0.15, 0.2) is 42.5 Å². The number of para-hydroxylation sites is 1. The van der Waals surface area contributed by atoms with Gasteiger partial charge >= 0.3 is 5.97 Å². The lowest BCUT2D eigenvalue weighted by Gasteiger charge is -2.05. The van der Waals surface area contributed by atoms with Crippen LogP contribution in [0.2, 0.25) is 10.0 Å². The molecule has 1 aromatic heterocycles. The molecule has 0 saturated heterocycles. The molecule has 0 radical (unpaired) electrons. The van der Waals surface area contributed by atoms with Crippen molar-refractivity contribution < 1.29 is 14.3 Å². The highest BCUT2D eigenvalue weighted by Crippen LogP contribution is 2.25. The predicted molar refractivity (Wildman–Crippen MR) is 95.0 cm³/mol. The first-order valence-electron chi connectivity index (χ1n) is 6.80. The van der Waals surface area contributed by atoms with Crippen molar-refractivity contribution in [1.82, 2.24) is 4.98 Å². The summed E-state index contributed by atoms with van der Waals surface area (Å²) in [5, 5.41) is 3.63. The van der Waals surface area contributed by atoms with E-state index >= 15 is 0 Å². The van der Waals surface area contributed by atoms with Crippen molar-refractivity contribution in [2.45, 2.75) is 0 Å². The summed E-state index contributed by atoms with van der Waals surface area (Å²) >= 11 is 13.0. The molecule has 122 valence electrons. The van der Waals surface area contributed by atoms with Crippen molar-refractivity contribution in [2.24, 2.45) is 0 Å². The standard InChI is InChI=1S/C16H10Cl2N2O3S/c17-10-6-5-9(7-11(10)18)15(22)23-8-14(21)20-16-19-12-3-1-2-4-13(12)24-16/h1-7H,8H2,(H,19,20,21). The smallest absolute Gasteiger partial charge is 0.338 e. The van der Waals surface area contributed by atoms with Crippen LogP contribution < -0.4 is 5.32 Å². The number of nitrogens with one attached hydrogen (secondary N) is 1. The molecule has 0 aliphatic carbocycles. The van der Waals surface area contributed by atoms with Crippen LogP contribution in [0.1, 0.15) is 10.4 Å². The molecule has 0 spiro atoms. The number of hydrogen-bond acceptors (Lipinski definition) is 5. The Morgan fingerprint density at radius 2 is 1.92 bits per heavy atom. The van der Waals surface area contributed by atoms with Gasteiger partial charge in [-0.1, -0.05) is 46.7 Å². The molecule has 0 unspecified atom stereocenters. The highest BCUT2D eigenvalue weighted by molar-refractivity contribution is 7.22. The summed E-state index contributed by atoms with van der Waals surface area (Å²) in [5.74, 6) is -1.13. The lowest BCUT2D eigenvalue weighted by atomic mass is 10.2. The van der Waals surface area contributed by atoms with Crippen molar-refractivity contribution >= 4 is 61.8 Å². The number of fused-ring (bicyclic) bond motifs is 1. The molecule has 0 aliphatic heterocycles. The van der Waals surface area contributed by atoms with E-state index in [9.17, 15) is 9.59 Å². The van der Waals surface area contributed by atoms with Gasteiger partial charge in [0.15, 0.2) is 11.7 Å². The highest BCUT2D eigenvalue weighted by Gasteiger charge is 2.13. The maximum Gasteiger partial charge on any atom is 0.338 e. The Balaban J connectivity index is 1.58. The average Bonchev–Trinajstić information content (AvgIpc) is 2.97. The number of halogens is 2. The van der Waals surface area contributed by atoms with Gasteiger partial charge in [0.1, 0.15) is 0 Å². The number of ether oxygens (including phenoxy) is 1. The number of carbonyl (C=O) groups is 2. The summed E-state index contributed by atoms with van der Waals surface area (Å²) in [7, 11) is 0. The van der Waals surface area contributed by atoms with Crippen LogP contribution in [0, 0.1) is 0 Å². The van der Waals surface area contributed by atoms with Crippen LogP contribution in [0.3, 0.4) is 0 Å². The molecule has 0 atom stereocenters. The van der Waals surface area contributed by atoms with Gasteiger partial charge in [-0.3, -0.25) is 10.1 Å². The zero-order chi connectivity index (χ0) is 17.1. The van der Waals surface area contributed by atoms with Crippen molar-refractivity contribution in [2.75, 3.05) is 11.9 Å². The lowest BCUT2D eigenvalue weighted by molar-refractivity contribution is -0.119. The first-order valence-corrected chi connectivity index (χ1v) is 8.38. The topological polar surface area (TPSA) is 68.3 Å². The maximum absolute atomic E-state index is 11.9. The van der Waals surface area contributed by atoms with Crippen molar-refractivity contribution in [3.05, 3.63) is 58.1 Å². The van der Waals surface area contributed by atoms with E-state index in [1.165, 1.54) is 29.5 Å². The number of carbonyl (C=O) groups excluding carboxylic acids is 2. The summed E-state index contributed by atoms with van der Waals surface area (Å²) in [4.78, 5) is 28.0. The fourth-order valence-electron chi connectivity index (χ4n) is 1.92. The van der Waals surface area contributed by atoms with Gasteiger partial charge in [0, 0.05) is 0 Å². The third-order valence-electron chi connectivity index (χ3n) is 3.03. The molecule has 1 heterocycles. The Bertz CT molecular complexity index is 894. The summed E-state index contributed by atoms with van der Waals surface area (Å²) < 4.78 is 5.91. The fraction of sp³-hybridized carbons (Fsp3) is 0.0625. The first-order chi connectivity index (χ1) is 11.5. The van der Waals surface area contributed by atoms with E-state index in [2.05, 4.69) is 10.3 Å². The Morgan fingerprint density at radius 3 is 2.67 bits per heavy atom. The SMILES string of the molecule is O=C(COC(=O)c1ccc(Cl)c(Cl)c1)Nc1nc2ccccc2s1. The second-order valence-electron chi connectivity index (χ2n) is 4.74. The predicted octanol–water partition coefficient (Wildman–Crippen LogP) is 4.40. The molecule has 24 heavy (non-hydrogen) atoms. The molecule has 1 amide bonds. The van der Waals surface area contributed by atoms with Crippen molar-refractivity contribution in [3.8, 4) is 0 Å². The molecule has 5 nitrogen and oxygen atoms in total. The number of nitrogens with zero attached hydrogens (tertiary/aromatic N) is 1. The number of anilines is 1. The van der Waals surface area contributed by atoms with Crippen LogP contribution in [-0.2, 0) is 9.53 Å². The zero-order valence-electron chi connectivity index (χ0n) is 12.1. The molecule has 0 fully saturated rings. The Hall–Kier alpha value is -2.15. The van der Waals surface area contributed by atoms with Crippen molar-refractivity contribution in [1.29, 1.82) is 0 Å². The van der Waals surface area contributed by atoms with Gasteiger partial charge in [0.2, 0.25) is 0 Å². The number of esters is 1. The molecule has 0 saturated carbocycles. The minimum absolute atomic E-state index is 0.220. The third-order valence-corrected chi connectivity index (χ3v) is 4.72. The molecule has 8 heteroatoms. The van der Waals surface area contributed by atoms with E-state index in [1.807, 2.05) is 24.3 Å². The largest absolute Gasteiger partial charge is 0.452 e. The normalized spacial score (nSPS) is 10.6. The quantitative estimate of drug-likeness (QED) is 0.681. The number of benzene rings is 2. The van der Waals surface area contributed by atoms with Crippen LogP contribution in [0.5, 0.6) is 0 Å². The molecule has 0 bridgehead atoms. The summed E-state index contributed by atoms with van der Waals surface area (Å²) in [6, 6.07) is 11.9. The second-order valence-corrected chi connectivity index (χ2v) is 6.58. The van der Waals surface area contributed by atoms with Gasteiger partial charge in [-0.15, -0.1) is 0 Å². The van der Waals surface area contributed by atoms with Gasteiger partial charge in [-0.05, 0) is 30.3 Å². The summed E-state index contributed by atoms with van der Waals surface area (Å²) in [5.41, 5.74) is 1.02. The number of amides is 1. The molecule has 2 aromatic carbocycles. The molecule has 3 rings (SSSR count). The molecule has 1 N–H and O–H groups in total.